The summed E-state index contributed by atoms with van der Waals surface area (Å²) >= 11 is 0. The van der Waals surface area contributed by atoms with E-state index in [0.717, 1.165) is 0 Å². The Labute approximate surface area is 326 Å². The average molecular weight is 710 g/mol. The van der Waals surface area contributed by atoms with E-state index in [0.29, 0.717) is 0 Å². The number of benzene rings is 8. The SMILES string of the molecule is Cc1ccc(-c2ccc3c(c2)c2ccccc2n3-c2ccc(-c3ccccc3)cc2)cc1.Cc1ccc2c(c1)C(C)(C)c1ccccc1-2.Cc1ccccc1. The third kappa shape index (κ3) is 7.14. The van der Waals surface area contributed by atoms with Crippen LogP contribution in [-0.2, 0) is 5.41 Å². The van der Waals surface area contributed by atoms with E-state index in [2.05, 4.69) is 215 Å². The van der Waals surface area contributed by atoms with Crippen molar-refractivity contribution in [3.8, 4) is 39.1 Å². The molecule has 1 aliphatic carbocycles. The van der Waals surface area contributed by atoms with Crippen LogP contribution in [0.1, 0.15) is 41.7 Å². The van der Waals surface area contributed by atoms with Crippen LogP contribution in [0, 0.1) is 20.8 Å². The van der Waals surface area contributed by atoms with Crippen LogP contribution in [0.5, 0.6) is 0 Å². The van der Waals surface area contributed by atoms with Crippen LogP contribution >= 0.6 is 0 Å². The Balaban J connectivity index is 0.000000153. The Kier molecular flexibility index (Phi) is 9.79. The van der Waals surface area contributed by atoms with E-state index in [1.807, 2.05) is 18.2 Å². The average Bonchev–Trinajstić information content (AvgIpc) is 3.67. The van der Waals surface area contributed by atoms with Gasteiger partial charge in [0.1, 0.15) is 0 Å². The van der Waals surface area contributed by atoms with Crippen molar-refractivity contribution < 1.29 is 0 Å². The van der Waals surface area contributed by atoms with Gasteiger partial charge in [0, 0.05) is 21.9 Å². The second kappa shape index (κ2) is 15.1. The van der Waals surface area contributed by atoms with E-state index in [1.165, 1.54) is 88.7 Å². The highest BCUT2D eigenvalue weighted by Gasteiger charge is 2.34. The molecule has 1 aliphatic rings. The van der Waals surface area contributed by atoms with E-state index in [9.17, 15) is 0 Å². The van der Waals surface area contributed by atoms with Gasteiger partial charge < -0.3 is 4.57 Å². The predicted octanol–water partition coefficient (Wildman–Crippen LogP) is 14.7. The van der Waals surface area contributed by atoms with Crippen molar-refractivity contribution in [2.24, 2.45) is 0 Å². The molecule has 1 aromatic heterocycles. The van der Waals surface area contributed by atoms with Crippen molar-refractivity contribution >= 4 is 21.8 Å². The molecule has 0 spiro atoms. The van der Waals surface area contributed by atoms with Gasteiger partial charge in [-0.2, -0.15) is 0 Å². The van der Waals surface area contributed by atoms with E-state index < -0.39 is 0 Å². The normalized spacial score (nSPS) is 12.2. The Bertz CT molecular complexity index is 2710. The maximum atomic E-state index is 2.37. The summed E-state index contributed by atoms with van der Waals surface area (Å²) in [5.74, 6) is 0. The van der Waals surface area contributed by atoms with Crippen molar-refractivity contribution in [3.05, 3.63) is 222 Å². The Morgan fingerprint density at radius 1 is 0.345 bits per heavy atom. The third-order valence-electron chi connectivity index (χ3n) is 11.0. The molecule has 8 aromatic carbocycles. The molecule has 0 amide bonds. The first-order chi connectivity index (χ1) is 26.8. The fourth-order valence-electron chi connectivity index (χ4n) is 7.96. The first-order valence-corrected chi connectivity index (χ1v) is 19.3. The minimum absolute atomic E-state index is 0.151. The lowest BCUT2D eigenvalue weighted by Gasteiger charge is -2.21. The zero-order valence-corrected chi connectivity index (χ0v) is 32.4. The van der Waals surface area contributed by atoms with Crippen LogP contribution in [0.3, 0.4) is 0 Å². The molecular weight excluding hydrogens is 663 g/mol. The van der Waals surface area contributed by atoms with Gasteiger partial charge in [-0.05, 0) is 95.6 Å². The van der Waals surface area contributed by atoms with Gasteiger partial charge in [0.15, 0.2) is 0 Å². The number of hydrogen-bond donors (Lipinski definition) is 0. The Morgan fingerprint density at radius 3 is 1.56 bits per heavy atom. The van der Waals surface area contributed by atoms with Crippen molar-refractivity contribution in [2.45, 2.75) is 40.0 Å². The molecular formula is C54H47N. The minimum atomic E-state index is 0.151. The van der Waals surface area contributed by atoms with Gasteiger partial charge in [0.2, 0.25) is 0 Å². The predicted molar refractivity (Wildman–Crippen MR) is 236 cm³/mol. The topological polar surface area (TPSA) is 4.93 Å². The number of rotatable bonds is 3. The van der Waals surface area contributed by atoms with Gasteiger partial charge in [0.25, 0.3) is 0 Å². The van der Waals surface area contributed by atoms with Gasteiger partial charge in [-0.1, -0.05) is 194 Å². The van der Waals surface area contributed by atoms with Crippen LogP contribution in [0.2, 0.25) is 0 Å². The molecule has 0 aliphatic heterocycles. The van der Waals surface area contributed by atoms with Gasteiger partial charge in [-0.25, -0.2) is 0 Å². The summed E-state index contributed by atoms with van der Waals surface area (Å²) in [6.07, 6.45) is 0. The maximum absolute atomic E-state index is 2.37. The molecule has 10 rings (SSSR count). The van der Waals surface area contributed by atoms with Crippen LogP contribution in [0.4, 0.5) is 0 Å². The molecule has 0 fully saturated rings. The molecule has 0 saturated carbocycles. The second-order valence-electron chi connectivity index (χ2n) is 15.2. The van der Waals surface area contributed by atoms with Gasteiger partial charge in [0.05, 0.1) is 11.0 Å². The largest absolute Gasteiger partial charge is 0.309 e. The lowest BCUT2D eigenvalue weighted by atomic mass is 9.82. The van der Waals surface area contributed by atoms with Crippen molar-refractivity contribution in [2.75, 3.05) is 0 Å². The van der Waals surface area contributed by atoms with Gasteiger partial charge >= 0.3 is 0 Å². The molecule has 0 saturated heterocycles. The van der Waals surface area contributed by atoms with Crippen molar-refractivity contribution in [3.63, 3.8) is 0 Å². The monoisotopic (exact) mass is 709 g/mol. The first kappa shape index (κ1) is 35.6. The third-order valence-corrected chi connectivity index (χ3v) is 11.0. The second-order valence-corrected chi connectivity index (χ2v) is 15.2. The Hall–Kier alpha value is -6.44. The van der Waals surface area contributed by atoms with Gasteiger partial charge in [-0.15, -0.1) is 0 Å². The zero-order valence-electron chi connectivity index (χ0n) is 32.4. The summed E-state index contributed by atoms with van der Waals surface area (Å²) in [6, 6.07) is 69.5. The molecule has 9 aromatic rings. The number of nitrogens with zero attached hydrogens (tertiary/aromatic N) is 1. The summed E-state index contributed by atoms with van der Waals surface area (Å²) < 4.78 is 2.37. The Morgan fingerprint density at radius 2 is 0.855 bits per heavy atom. The van der Waals surface area contributed by atoms with E-state index >= 15 is 0 Å². The lowest BCUT2D eigenvalue weighted by molar-refractivity contribution is 0.660. The molecule has 0 atom stereocenters. The quantitative estimate of drug-likeness (QED) is 0.172. The highest BCUT2D eigenvalue weighted by Crippen LogP contribution is 2.48. The number of hydrogen-bond acceptors (Lipinski definition) is 0. The lowest BCUT2D eigenvalue weighted by Crippen LogP contribution is -2.14. The number of fused-ring (bicyclic) bond motifs is 6. The summed E-state index contributed by atoms with van der Waals surface area (Å²) in [5.41, 5.74) is 18.5. The summed E-state index contributed by atoms with van der Waals surface area (Å²) in [4.78, 5) is 0. The molecule has 0 bridgehead atoms. The van der Waals surface area contributed by atoms with Crippen molar-refractivity contribution in [1.82, 2.24) is 4.57 Å². The summed E-state index contributed by atoms with van der Waals surface area (Å²) in [6.45, 7) is 11.0. The molecule has 1 heteroatoms. The molecule has 1 heterocycles. The minimum Gasteiger partial charge on any atom is -0.309 e. The summed E-state index contributed by atoms with van der Waals surface area (Å²) in [7, 11) is 0. The number of aryl methyl sites for hydroxylation is 3. The molecule has 55 heavy (non-hydrogen) atoms. The van der Waals surface area contributed by atoms with E-state index in [4.69, 9.17) is 0 Å². The highest BCUT2D eigenvalue weighted by molar-refractivity contribution is 6.10. The van der Waals surface area contributed by atoms with Crippen LogP contribution in [0.25, 0.3) is 60.9 Å². The maximum Gasteiger partial charge on any atom is 0.0541 e. The standard InChI is InChI=1S/C31H23N.C16H16.C7H8/c1-22-11-13-25(14-12-22)26-17-20-31-29(21-26)28-9-5-6-10-30(28)32(31)27-18-15-24(16-19-27)23-7-3-2-4-8-23;1-11-8-9-13-12-6-4-5-7-14(12)16(2,3)15(13)10-11;1-7-5-3-2-4-6-7/h2-21H,1H3;4-10H,1-3H3;2-6H,1H3. The van der Waals surface area contributed by atoms with Crippen LogP contribution < -0.4 is 0 Å². The fourth-order valence-corrected chi connectivity index (χ4v) is 7.96. The van der Waals surface area contributed by atoms with Gasteiger partial charge in [-0.3, -0.25) is 0 Å². The van der Waals surface area contributed by atoms with Crippen LogP contribution in [-0.4, -0.2) is 4.57 Å². The zero-order chi connectivity index (χ0) is 37.9. The molecule has 0 N–H and O–H groups in total. The number of aromatic nitrogens is 1. The first-order valence-electron chi connectivity index (χ1n) is 19.3. The van der Waals surface area contributed by atoms with Crippen LogP contribution in [0.15, 0.2) is 194 Å². The molecule has 0 unspecified atom stereocenters. The van der Waals surface area contributed by atoms with E-state index in [-0.39, 0.29) is 5.41 Å². The molecule has 268 valence electrons. The smallest absolute Gasteiger partial charge is 0.0541 e. The fraction of sp³-hybridized carbons (Fsp3) is 0.111. The van der Waals surface area contributed by atoms with E-state index in [1.54, 1.807) is 0 Å². The highest BCUT2D eigenvalue weighted by atomic mass is 15.0. The summed E-state index contributed by atoms with van der Waals surface area (Å²) in [5, 5.41) is 2.56. The van der Waals surface area contributed by atoms with Crippen molar-refractivity contribution in [1.29, 1.82) is 0 Å². The molecule has 1 nitrogen and oxygen atoms in total. The number of para-hydroxylation sites is 1. The molecule has 0 radical (unpaired) electrons.